The molecule has 0 aliphatic carbocycles. The third-order valence-electron chi connectivity index (χ3n) is 3.58. The predicted molar refractivity (Wildman–Crippen MR) is 103 cm³/mol. The van der Waals surface area contributed by atoms with Crippen molar-refractivity contribution >= 4 is 30.3 Å². The SMILES string of the molecule is C[Si](C)(C)CCOCn1nc(-c2ccccc2)n[c]1[Sn]([CH3])([CH3])[CH3]. The molecule has 2 aromatic rings. The minimum absolute atomic E-state index is 0.522. The summed E-state index contributed by atoms with van der Waals surface area (Å²) >= 11 is -2.34. The van der Waals surface area contributed by atoms with Crippen LogP contribution in [0, 0.1) is 0 Å². The third kappa shape index (κ3) is 5.72. The van der Waals surface area contributed by atoms with Gasteiger partial charge in [0.25, 0.3) is 0 Å². The van der Waals surface area contributed by atoms with Crippen molar-refractivity contribution in [2.75, 3.05) is 6.61 Å². The maximum atomic E-state index is 5.91. The van der Waals surface area contributed by atoms with Crippen LogP contribution in [0.25, 0.3) is 11.4 Å². The Bertz CT molecular complexity index is 630. The van der Waals surface area contributed by atoms with E-state index >= 15 is 0 Å². The Hall–Kier alpha value is -0.664. The molecule has 1 aromatic heterocycles. The van der Waals surface area contributed by atoms with Crippen LogP contribution in [0.5, 0.6) is 0 Å². The van der Waals surface area contributed by atoms with Gasteiger partial charge in [-0.05, 0) is 0 Å². The van der Waals surface area contributed by atoms with Gasteiger partial charge in [-0.2, -0.15) is 0 Å². The first-order valence-electron chi connectivity index (χ1n) is 8.25. The molecule has 23 heavy (non-hydrogen) atoms. The molecule has 0 unspecified atom stereocenters. The van der Waals surface area contributed by atoms with Crippen LogP contribution in [0.15, 0.2) is 30.3 Å². The Morgan fingerprint density at radius 1 is 1.09 bits per heavy atom. The summed E-state index contributed by atoms with van der Waals surface area (Å²) in [6, 6.07) is 11.4. The van der Waals surface area contributed by atoms with Crippen LogP contribution < -0.4 is 3.84 Å². The van der Waals surface area contributed by atoms with Crippen LogP contribution in [-0.4, -0.2) is 47.8 Å². The summed E-state index contributed by atoms with van der Waals surface area (Å²) < 4.78 is 9.08. The van der Waals surface area contributed by atoms with E-state index in [0.29, 0.717) is 6.73 Å². The van der Waals surface area contributed by atoms with Gasteiger partial charge in [0.2, 0.25) is 0 Å². The molecule has 0 saturated carbocycles. The molecule has 0 spiro atoms. The monoisotopic (exact) mass is 439 g/mol. The molecular formula is C17H29N3OSiSn. The Balaban J connectivity index is 2.16. The van der Waals surface area contributed by atoms with Crippen LogP contribution in [-0.2, 0) is 11.5 Å². The van der Waals surface area contributed by atoms with Gasteiger partial charge in [0.15, 0.2) is 0 Å². The zero-order valence-electron chi connectivity index (χ0n) is 15.3. The van der Waals surface area contributed by atoms with Crippen LogP contribution in [0.1, 0.15) is 0 Å². The van der Waals surface area contributed by atoms with E-state index in [9.17, 15) is 0 Å². The van der Waals surface area contributed by atoms with Crippen molar-refractivity contribution in [2.24, 2.45) is 0 Å². The first-order valence-corrected chi connectivity index (χ1v) is 21.9. The molecule has 126 valence electrons. The molecular weight excluding hydrogens is 409 g/mol. The summed E-state index contributed by atoms with van der Waals surface area (Å²) in [5.74, 6) is 0.820. The quantitative estimate of drug-likeness (QED) is 0.488. The van der Waals surface area contributed by atoms with E-state index in [2.05, 4.69) is 46.6 Å². The summed E-state index contributed by atoms with van der Waals surface area (Å²) in [6.45, 7) is 8.45. The molecule has 0 amide bonds. The van der Waals surface area contributed by atoms with Crippen molar-refractivity contribution in [1.82, 2.24) is 14.8 Å². The third-order valence-corrected chi connectivity index (χ3v) is 10.2. The second-order valence-electron chi connectivity index (χ2n) is 8.22. The summed E-state index contributed by atoms with van der Waals surface area (Å²) in [6.07, 6.45) is 0. The van der Waals surface area contributed by atoms with Gasteiger partial charge in [0.1, 0.15) is 0 Å². The molecule has 0 N–H and O–H groups in total. The number of rotatable bonds is 7. The Kier molecular flexibility index (Phi) is 6.08. The summed E-state index contributed by atoms with van der Waals surface area (Å²) in [7, 11) is -1.05. The fourth-order valence-electron chi connectivity index (χ4n) is 2.23. The molecule has 6 heteroatoms. The Morgan fingerprint density at radius 2 is 1.74 bits per heavy atom. The molecule has 0 atom stereocenters. The molecule has 2 rings (SSSR count). The Morgan fingerprint density at radius 3 is 2.30 bits per heavy atom. The van der Waals surface area contributed by atoms with E-state index in [1.807, 2.05) is 22.9 Å². The van der Waals surface area contributed by atoms with Crippen molar-refractivity contribution in [2.45, 2.75) is 47.2 Å². The second kappa shape index (κ2) is 7.48. The minimum atomic E-state index is -2.34. The average Bonchev–Trinajstić information content (AvgIpc) is 2.88. The molecule has 0 aliphatic rings. The topological polar surface area (TPSA) is 39.9 Å². The van der Waals surface area contributed by atoms with Crippen LogP contribution >= 0.6 is 0 Å². The van der Waals surface area contributed by atoms with Crippen LogP contribution in [0.4, 0.5) is 0 Å². The molecule has 1 heterocycles. The number of aromatic nitrogens is 3. The summed E-state index contributed by atoms with van der Waals surface area (Å²) in [5.41, 5.74) is 1.07. The van der Waals surface area contributed by atoms with E-state index in [0.717, 1.165) is 18.0 Å². The van der Waals surface area contributed by atoms with Gasteiger partial charge in [0.05, 0.1) is 0 Å². The second-order valence-corrected chi connectivity index (χ2v) is 28.0. The Labute approximate surface area is 145 Å². The van der Waals surface area contributed by atoms with Crippen LogP contribution in [0.3, 0.4) is 0 Å². The number of hydrogen-bond donors (Lipinski definition) is 0. The van der Waals surface area contributed by atoms with Crippen LogP contribution in [0.2, 0.25) is 40.5 Å². The molecule has 4 nitrogen and oxygen atoms in total. The van der Waals surface area contributed by atoms with Gasteiger partial charge < -0.3 is 0 Å². The first-order chi connectivity index (χ1) is 10.7. The fourth-order valence-corrected chi connectivity index (χ4v) is 6.78. The van der Waals surface area contributed by atoms with Gasteiger partial charge in [-0.15, -0.1) is 0 Å². The van der Waals surface area contributed by atoms with Crippen molar-refractivity contribution in [3.63, 3.8) is 0 Å². The van der Waals surface area contributed by atoms with E-state index in [4.69, 9.17) is 14.8 Å². The van der Waals surface area contributed by atoms with Crippen molar-refractivity contribution in [1.29, 1.82) is 0 Å². The normalized spacial score (nSPS) is 12.6. The molecule has 0 saturated heterocycles. The first kappa shape index (κ1) is 18.7. The van der Waals surface area contributed by atoms with E-state index in [1.165, 1.54) is 9.88 Å². The van der Waals surface area contributed by atoms with Gasteiger partial charge in [-0.1, -0.05) is 0 Å². The molecule has 0 radical (unpaired) electrons. The zero-order chi connectivity index (χ0) is 17.1. The number of benzene rings is 1. The van der Waals surface area contributed by atoms with Gasteiger partial charge >= 0.3 is 145 Å². The maximum absolute atomic E-state index is 5.91. The molecule has 0 bridgehead atoms. The van der Waals surface area contributed by atoms with Crippen molar-refractivity contribution in [3.05, 3.63) is 30.3 Å². The molecule has 0 fully saturated rings. The summed E-state index contributed by atoms with van der Waals surface area (Å²) in [5, 5.41) is 4.73. The molecule has 1 aromatic carbocycles. The zero-order valence-corrected chi connectivity index (χ0v) is 19.1. The number of nitrogens with zero attached hydrogens (tertiary/aromatic N) is 3. The number of hydrogen-bond acceptors (Lipinski definition) is 3. The van der Waals surface area contributed by atoms with Crippen molar-refractivity contribution in [3.8, 4) is 11.4 Å². The van der Waals surface area contributed by atoms with Crippen molar-refractivity contribution < 1.29 is 4.74 Å². The standard InChI is InChI=1S/C14H20N3OSi.3CH3.Sn/c1-19(2,3)10-9-18-12-17-11-15-14(16-17)13-7-5-4-6-8-13;;;;/h4-8H,9-10,12H2,1-3H3;3*1H3;. The van der Waals surface area contributed by atoms with Gasteiger partial charge in [-0.25, -0.2) is 0 Å². The fraction of sp³-hybridized carbons (Fsp3) is 0.529. The molecule has 0 aliphatic heterocycles. The average molecular weight is 438 g/mol. The summed E-state index contributed by atoms with van der Waals surface area (Å²) in [4.78, 5) is 12.0. The van der Waals surface area contributed by atoms with E-state index < -0.39 is 26.5 Å². The van der Waals surface area contributed by atoms with Gasteiger partial charge in [0, 0.05) is 0 Å². The number of ether oxygens (including phenoxy) is 1. The van der Waals surface area contributed by atoms with E-state index in [1.54, 1.807) is 0 Å². The van der Waals surface area contributed by atoms with E-state index in [-0.39, 0.29) is 0 Å². The van der Waals surface area contributed by atoms with Gasteiger partial charge in [-0.3, -0.25) is 0 Å². The predicted octanol–water partition coefficient (Wildman–Crippen LogP) is 3.80.